The molecule has 7 heteroatoms. The highest BCUT2D eigenvalue weighted by molar-refractivity contribution is 6.30. The second kappa shape index (κ2) is 5.73. The molecule has 0 fully saturated rings. The first-order valence-corrected chi connectivity index (χ1v) is 5.65. The summed E-state index contributed by atoms with van der Waals surface area (Å²) in [5, 5.41) is -0.0446. The zero-order valence-corrected chi connectivity index (χ0v) is 10.4. The van der Waals surface area contributed by atoms with Crippen LogP contribution in [0.15, 0.2) is 34.9 Å². The maximum atomic E-state index is 13.6. The van der Waals surface area contributed by atoms with E-state index in [9.17, 15) is 9.18 Å². The predicted octanol–water partition coefficient (Wildman–Crippen LogP) is 2.25. The molecule has 0 unspecified atom stereocenters. The van der Waals surface area contributed by atoms with E-state index >= 15 is 0 Å². The Labute approximate surface area is 113 Å². The van der Waals surface area contributed by atoms with Crippen molar-refractivity contribution in [2.45, 2.75) is 6.61 Å². The van der Waals surface area contributed by atoms with Gasteiger partial charge in [-0.25, -0.2) is 10.2 Å². The van der Waals surface area contributed by atoms with Crippen LogP contribution in [0.25, 0.3) is 0 Å². The van der Waals surface area contributed by atoms with Crippen molar-refractivity contribution in [1.82, 2.24) is 5.43 Å². The summed E-state index contributed by atoms with van der Waals surface area (Å²) in [7, 11) is 0. The Kier molecular flexibility index (Phi) is 4.03. The molecule has 0 saturated carbocycles. The monoisotopic (exact) mass is 284 g/mol. The minimum absolute atomic E-state index is 0.0250. The summed E-state index contributed by atoms with van der Waals surface area (Å²) in [5.74, 6) is 4.06. The van der Waals surface area contributed by atoms with Crippen LogP contribution in [0, 0.1) is 5.82 Å². The van der Waals surface area contributed by atoms with Gasteiger partial charge in [-0.1, -0.05) is 17.7 Å². The summed E-state index contributed by atoms with van der Waals surface area (Å²) in [6, 6.07) is 5.82. The largest absolute Gasteiger partial charge is 0.482 e. The highest BCUT2D eigenvalue weighted by Crippen LogP contribution is 2.25. The normalized spacial score (nSPS) is 10.3. The van der Waals surface area contributed by atoms with Gasteiger partial charge in [0, 0.05) is 0 Å². The molecule has 2 rings (SSSR count). The van der Waals surface area contributed by atoms with Crippen LogP contribution in [0.1, 0.15) is 16.1 Å². The van der Waals surface area contributed by atoms with E-state index in [2.05, 4.69) is 0 Å². The minimum atomic E-state index is -0.666. The van der Waals surface area contributed by atoms with E-state index in [-0.39, 0.29) is 28.7 Å². The number of amides is 1. The van der Waals surface area contributed by atoms with Crippen molar-refractivity contribution in [2.75, 3.05) is 0 Å². The van der Waals surface area contributed by atoms with Gasteiger partial charge in [-0.05, 0) is 18.2 Å². The Morgan fingerprint density at radius 1 is 1.47 bits per heavy atom. The van der Waals surface area contributed by atoms with Crippen molar-refractivity contribution in [3.63, 3.8) is 0 Å². The Morgan fingerprint density at radius 2 is 2.26 bits per heavy atom. The van der Waals surface area contributed by atoms with Crippen molar-refractivity contribution in [2.24, 2.45) is 5.84 Å². The first-order chi connectivity index (χ1) is 9.13. The SMILES string of the molecule is NNC(=O)c1ccoc1COc1cccc(Cl)c1F. The van der Waals surface area contributed by atoms with E-state index in [1.165, 1.54) is 24.5 Å². The highest BCUT2D eigenvalue weighted by Gasteiger charge is 2.15. The fourth-order valence-electron chi connectivity index (χ4n) is 1.47. The minimum Gasteiger partial charge on any atom is -0.482 e. The van der Waals surface area contributed by atoms with Gasteiger partial charge in [0.15, 0.2) is 17.3 Å². The lowest BCUT2D eigenvalue weighted by Crippen LogP contribution is -2.30. The number of ether oxygens (including phenoxy) is 1. The molecule has 2 aromatic rings. The molecule has 0 spiro atoms. The molecule has 0 saturated heterocycles. The Hall–Kier alpha value is -2.05. The van der Waals surface area contributed by atoms with Crippen LogP contribution in [0.4, 0.5) is 4.39 Å². The van der Waals surface area contributed by atoms with Gasteiger partial charge >= 0.3 is 0 Å². The number of nitrogen functional groups attached to an aromatic ring is 1. The lowest BCUT2D eigenvalue weighted by molar-refractivity contribution is 0.0949. The van der Waals surface area contributed by atoms with Crippen LogP contribution in [0.2, 0.25) is 5.02 Å². The van der Waals surface area contributed by atoms with Gasteiger partial charge in [-0.15, -0.1) is 0 Å². The fraction of sp³-hybridized carbons (Fsp3) is 0.0833. The van der Waals surface area contributed by atoms with Crippen LogP contribution >= 0.6 is 11.6 Å². The zero-order valence-electron chi connectivity index (χ0n) is 9.65. The summed E-state index contributed by atoms with van der Waals surface area (Å²) < 4.78 is 23.9. The Morgan fingerprint density at radius 3 is 3.00 bits per heavy atom. The summed E-state index contributed by atoms with van der Waals surface area (Å²) in [4.78, 5) is 11.4. The molecule has 1 aromatic heterocycles. The second-order valence-electron chi connectivity index (χ2n) is 3.57. The molecular weight excluding hydrogens is 275 g/mol. The second-order valence-corrected chi connectivity index (χ2v) is 3.98. The molecule has 0 bridgehead atoms. The molecule has 0 aliphatic heterocycles. The number of hydrazine groups is 1. The highest BCUT2D eigenvalue weighted by atomic mass is 35.5. The van der Waals surface area contributed by atoms with Crippen molar-refractivity contribution < 1.29 is 18.3 Å². The number of nitrogens with two attached hydrogens (primary N) is 1. The molecule has 0 atom stereocenters. The van der Waals surface area contributed by atoms with E-state index < -0.39 is 11.7 Å². The van der Waals surface area contributed by atoms with Crippen LogP contribution in [0.5, 0.6) is 5.75 Å². The number of carbonyl (C=O) groups is 1. The van der Waals surface area contributed by atoms with Gasteiger partial charge in [0.05, 0.1) is 16.8 Å². The predicted molar refractivity (Wildman–Crippen MR) is 66.1 cm³/mol. The number of furan rings is 1. The van der Waals surface area contributed by atoms with Crippen molar-refractivity contribution >= 4 is 17.5 Å². The summed E-state index contributed by atoms with van der Waals surface area (Å²) in [5.41, 5.74) is 2.20. The Balaban J connectivity index is 2.13. The first kappa shape index (κ1) is 13.4. The van der Waals surface area contributed by atoms with Crippen LogP contribution in [-0.4, -0.2) is 5.91 Å². The first-order valence-electron chi connectivity index (χ1n) is 5.27. The van der Waals surface area contributed by atoms with Crippen LogP contribution < -0.4 is 16.0 Å². The van der Waals surface area contributed by atoms with Gasteiger partial charge in [0.2, 0.25) is 0 Å². The molecular formula is C12H10ClFN2O3. The van der Waals surface area contributed by atoms with Crippen molar-refractivity contribution in [3.8, 4) is 5.75 Å². The van der Waals surface area contributed by atoms with Crippen LogP contribution in [0.3, 0.4) is 0 Å². The number of rotatable bonds is 4. The lowest BCUT2D eigenvalue weighted by atomic mass is 10.2. The molecule has 0 aliphatic carbocycles. The third-order valence-corrected chi connectivity index (χ3v) is 2.69. The fourth-order valence-corrected chi connectivity index (χ4v) is 1.64. The molecule has 19 heavy (non-hydrogen) atoms. The summed E-state index contributed by atoms with van der Waals surface area (Å²) >= 11 is 5.62. The van der Waals surface area contributed by atoms with Gasteiger partial charge in [0.1, 0.15) is 6.61 Å². The summed E-state index contributed by atoms with van der Waals surface area (Å²) in [6.45, 7) is -0.118. The third kappa shape index (κ3) is 2.86. The van der Waals surface area contributed by atoms with E-state index in [1.807, 2.05) is 5.43 Å². The molecule has 5 nitrogen and oxygen atoms in total. The van der Waals surface area contributed by atoms with Crippen molar-refractivity contribution in [3.05, 3.63) is 52.7 Å². The maximum absolute atomic E-state index is 13.6. The number of carbonyl (C=O) groups excluding carboxylic acids is 1. The average molecular weight is 285 g/mol. The van der Waals surface area contributed by atoms with E-state index in [0.29, 0.717) is 0 Å². The standard InChI is InChI=1S/C12H10ClFN2O3/c13-8-2-1-3-9(11(8)14)19-6-10-7(4-5-18-10)12(17)16-15/h1-5H,6,15H2,(H,16,17). The van der Waals surface area contributed by atoms with Gasteiger partial charge < -0.3 is 9.15 Å². The quantitative estimate of drug-likeness (QED) is 0.513. The average Bonchev–Trinajstić information content (AvgIpc) is 2.88. The molecule has 1 heterocycles. The molecule has 1 amide bonds. The molecule has 1 aromatic carbocycles. The van der Waals surface area contributed by atoms with Gasteiger partial charge in [-0.3, -0.25) is 10.2 Å². The van der Waals surface area contributed by atoms with E-state index in [1.54, 1.807) is 6.07 Å². The lowest BCUT2D eigenvalue weighted by Gasteiger charge is -2.07. The Bertz CT molecular complexity index is 600. The van der Waals surface area contributed by atoms with Crippen molar-refractivity contribution in [1.29, 1.82) is 0 Å². The number of hydrogen-bond acceptors (Lipinski definition) is 4. The summed E-state index contributed by atoms with van der Waals surface area (Å²) in [6.07, 6.45) is 1.32. The molecule has 0 aliphatic rings. The smallest absolute Gasteiger partial charge is 0.268 e. The maximum Gasteiger partial charge on any atom is 0.268 e. The number of benzene rings is 1. The zero-order chi connectivity index (χ0) is 13.8. The number of nitrogens with one attached hydrogen (secondary N) is 1. The van der Waals surface area contributed by atoms with Gasteiger partial charge in [-0.2, -0.15) is 0 Å². The topological polar surface area (TPSA) is 77.5 Å². The van der Waals surface area contributed by atoms with Crippen LogP contribution in [-0.2, 0) is 6.61 Å². The van der Waals surface area contributed by atoms with E-state index in [4.69, 9.17) is 26.6 Å². The molecule has 3 N–H and O–H groups in total. The number of halogens is 2. The molecule has 0 radical (unpaired) electrons. The third-order valence-electron chi connectivity index (χ3n) is 2.40. The number of hydrogen-bond donors (Lipinski definition) is 2. The van der Waals surface area contributed by atoms with Gasteiger partial charge in [0.25, 0.3) is 5.91 Å². The molecule has 100 valence electrons. The van der Waals surface area contributed by atoms with E-state index in [0.717, 1.165) is 0 Å².